The van der Waals surface area contributed by atoms with Crippen molar-refractivity contribution >= 4 is 5.97 Å². The van der Waals surface area contributed by atoms with Gasteiger partial charge in [-0.3, -0.25) is 4.90 Å². The van der Waals surface area contributed by atoms with E-state index in [1.54, 1.807) is 19.1 Å². The molecule has 1 atom stereocenters. The van der Waals surface area contributed by atoms with Gasteiger partial charge < -0.3 is 9.26 Å². The summed E-state index contributed by atoms with van der Waals surface area (Å²) in [6.45, 7) is 2.93. The Morgan fingerprint density at radius 1 is 1.38 bits per heavy atom. The number of rotatable bonds is 7. The summed E-state index contributed by atoms with van der Waals surface area (Å²) in [5.41, 5.74) is -0.180. The summed E-state index contributed by atoms with van der Waals surface area (Å²) < 4.78 is 52.2. The SMILES string of the molecule is CCOC(=O)c1cnn(CN2CCCC(c3nc(-c4cccc(F)c4)no3)C2)c1C(F)F. The topological polar surface area (TPSA) is 86.3 Å². The molecular weight excluding hydrogens is 427 g/mol. The minimum atomic E-state index is -2.87. The Bertz CT molecular complexity index is 1080. The Labute approximate surface area is 182 Å². The second-order valence-electron chi connectivity index (χ2n) is 7.49. The van der Waals surface area contributed by atoms with E-state index in [0.717, 1.165) is 23.7 Å². The Balaban J connectivity index is 1.48. The molecule has 170 valence electrons. The highest BCUT2D eigenvalue weighted by atomic mass is 19.3. The molecule has 0 bridgehead atoms. The summed E-state index contributed by atoms with van der Waals surface area (Å²) in [7, 11) is 0. The highest BCUT2D eigenvalue weighted by molar-refractivity contribution is 5.90. The lowest BCUT2D eigenvalue weighted by Gasteiger charge is -2.31. The largest absolute Gasteiger partial charge is 0.462 e. The molecule has 1 aliphatic heterocycles. The first kappa shape index (κ1) is 22.0. The molecule has 0 radical (unpaired) electrons. The summed E-state index contributed by atoms with van der Waals surface area (Å²) in [4.78, 5) is 18.3. The second-order valence-corrected chi connectivity index (χ2v) is 7.49. The number of carbonyl (C=O) groups excluding carboxylic acids is 1. The average molecular weight is 449 g/mol. The van der Waals surface area contributed by atoms with Crippen LogP contribution >= 0.6 is 0 Å². The third-order valence-electron chi connectivity index (χ3n) is 5.30. The van der Waals surface area contributed by atoms with Crippen LogP contribution in [0.1, 0.15) is 54.1 Å². The summed E-state index contributed by atoms with van der Waals surface area (Å²) in [6.07, 6.45) is -0.180. The lowest BCUT2D eigenvalue weighted by molar-refractivity contribution is 0.0511. The van der Waals surface area contributed by atoms with Crippen LogP contribution in [-0.4, -0.2) is 50.5 Å². The monoisotopic (exact) mass is 449 g/mol. The predicted octanol–water partition coefficient (Wildman–Crippen LogP) is 4.02. The maximum absolute atomic E-state index is 13.7. The number of likely N-dealkylation sites (tertiary alicyclic amines) is 1. The maximum Gasteiger partial charge on any atom is 0.341 e. The predicted molar refractivity (Wildman–Crippen MR) is 106 cm³/mol. The minimum absolute atomic E-state index is 0.0838. The molecule has 1 saturated heterocycles. The molecule has 0 saturated carbocycles. The van der Waals surface area contributed by atoms with Gasteiger partial charge in [-0.25, -0.2) is 22.6 Å². The Morgan fingerprint density at radius 3 is 2.97 bits per heavy atom. The summed E-state index contributed by atoms with van der Waals surface area (Å²) in [5.74, 6) is -0.609. The summed E-state index contributed by atoms with van der Waals surface area (Å²) >= 11 is 0. The van der Waals surface area contributed by atoms with Crippen LogP contribution in [0.3, 0.4) is 0 Å². The number of piperidine rings is 1. The molecule has 3 aromatic rings. The van der Waals surface area contributed by atoms with E-state index in [9.17, 15) is 18.0 Å². The van der Waals surface area contributed by atoms with Gasteiger partial charge in [0.05, 0.1) is 25.4 Å². The van der Waals surface area contributed by atoms with Gasteiger partial charge in [0.2, 0.25) is 11.7 Å². The van der Waals surface area contributed by atoms with E-state index >= 15 is 0 Å². The zero-order valence-corrected chi connectivity index (χ0v) is 17.4. The number of esters is 1. The van der Waals surface area contributed by atoms with Crippen LogP contribution in [0, 0.1) is 5.82 Å². The van der Waals surface area contributed by atoms with Crippen molar-refractivity contribution in [2.45, 2.75) is 38.8 Å². The zero-order valence-electron chi connectivity index (χ0n) is 17.4. The number of alkyl halides is 2. The Kier molecular flexibility index (Phi) is 6.54. The molecule has 1 aromatic carbocycles. The minimum Gasteiger partial charge on any atom is -0.462 e. The van der Waals surface area contributed by atoms with Gasteiger partial charge in [-0.2, -0.15) is 10.1 Å². The number of aromatic nitrogens is 4. The smallest absolute Gasteiger partial charge is 0.341 e. The van der Waals surface area contributed by atoms with Gasteiger partial charge in [0.1, 0.15) is 17.1 Å². The van der Waals surface area contributed by atoms with Crippen LogP contribution in [0.15, 0.2) is 35.0 Å². The van der Waals surface area contributed by atoms with Gasteiger partial charge in [-0.05, 0) is 38.4 Å². The second kappa shape index (κ2) is 9.51. The van der Waals surface area contributed by atoms with Crippen molar-refractivity contribution in [2.75, 3.05) is 19.7 Å². The van der Waals surface area contributed by atoms with Crippen molar-refractivity contribution in [1.82, 2.24) is 24.8 Å². The molecule has 1 unspecified atom stereocenters. The fourth-order valence-corrected chi connectivity index (χ4v) is 3.82. The lowest BCUT2D eigenvalue weighted by atomic mass is 9.98. The van der Waals surface area contributed by atoms with Crippen LogP contribution in [0.2, 0.25) is 0 Å². The number of benzene rings is 1. The van der Waals surface area contributed by atoms with E-state index in [1.165, 1.54) is 12.1 Å². The highest BCUT2D eigenvalue weighted by Crippen LogP contribution is 2.29. The molecule has 2 aromatic heterocycles. The molecule has 8 nitrogen and oxygen atoms in total. The van der Waals surface area contributed by atoms with Crippen LogP contribution < -0.4 is 0 Å². The van der Waals surface area contributed by atoms with Crippen LogP contribution in [0.25, 0.3) is 11.4 Å². The van der Waals surface area contributed by atoms with Gasteiger partial charge in [0, 0.05) is 12.1 Å². The molecular formula is C21H22F3N5O3. The molecule has 1 fully saturated rings. The average Bonchev–Trinajstić information content (AvgIpc) is 3.42. The number of halogens is 3. The first-order valence-corrected chi connectivity index (χ1v) is 10.3. The molecule has 0 N–H and O–H groups in total. The standard InChI is InChI=1S/C21H22F3N5O3/c1-2-31-21(30)16-10-25-29(17(16)18(23)24)12-28-8-4-6-14(11-28)20-26-19(27-32-20)13-5-3-7-15(22)9-13/h3,5,7,9-10,14,18H,2,4,6,8,11-12H2,1H3. The molecule has 0 aliphatic carbocycles. The van der Waals surface area contributed by atoms with Crippen molar-refractivity contribution in [3.05, 3.63) is 53.4 Å². The van der Waals surface area contributed by atoms with E-state index in [-0.39, 0.29) is 24.8 Å². The van der Waals surface area contributed by atoms with Gasteiger partial charge in [-0.1, -0.05) is 17.3 Å². The van der Waals surface area contributed by atoms with Gasteiger partial charge in [0.15, 0.2) is 0 Å². The molecule has 4 rings (SSSR count). The quantitative estimate of drug-likeness (QED) is 0.504. The van der Waals surface area contributed by atoms with Gasteiger partial charge in [-0.15, -0.1) is 0 Å². The molecule has 11 heteroatoms. The first-order valence-electron chi connectivity index (χ1n) is 10.3. The van der Waals surface area contributed by atoms with Crippen LogP contribution in [0.4, 0.5) is 13.2 Å². The van der Waals surface area contributed by atoms with Crippen molar-refractivity contribution < 1.29 is 27.2 Å². The molecule has 1 aliphatic rings. The number of nitrogens with zero attached hydrogens (tertiary/aromatic N) is 5. The van der Waals surface area contributed by atoms with E-state index < -0.39 is 23.9 Å². The molecule has 0 spiro atoms. The Hall–Kier alpha value is -3.21. The van der Waals surface area contributed by atoms with Crippen molar-refractivity contribution in [3.8, 4) is 11.4 Å². The van der Waals surface area contributed by atoms with E-state index in [0.29, 0.717) is 30.4 Å². The zero-order chi connectivity index (χ0) is 22.7. The van der Waals surface area contributed by atoms with Crippen molar-refractivity contribution in [3.63, 3.8) is 0 Å². The van der Waals surface area contributed by atoms with E-state index in [1.807, 2.05) is 4.90 Å². The van der Waals surface area contributed by atoms with Gasteiger partial charge >= 0.3 is 5.97 Å². The fourth-order valence-electron chi connectivity index (χ4n) is 3.82. The normalized spacial score (nSPS) is 17.1. The molecule has 3 heterocycles. The lowest BCUT2D eigenvalue weighted by Crippen LogP contribution is -2.36. The third-order valence-corrected chi connectivity index (χ3v) is 5.30. The number of carbonyl (C=O) groups is 1. The summed E-state index contributed by atoms with van der Waals surface area (Å²) in [5, 5.41) is 7.94. The van der Waals surface area contributed by atoms with E-state index in [4.69, 9.17) is 9.26 Å². The maximum atomic E-state index is 13.7. The van der Waals surface area contributed by atoms with E-state index in [2.05, 4.69) is 15.2 Å². The number of hydrogen-bond acceptors (Lipinski definition) is 7. The van der Waals surface area contributed by atoms with Crippen LogP contribution in [-0.2, 0) is 11.4 Å². The fraction of sp³-hybridized carbons (Fsp3) is 0.429. The number of ether oxygens (including phenoxy) is 1. The van der Waals surface area contributed by atoms with Crippen LogP contribution in [0.5, 0.6) is 0 Å². The molecule has 0 amide bonds. The first-order chi connectivity index (χ1) is 15.5. The number of hydrogen-bond donors (Lipinski definition) is 0. The highest BCUT2D eigenvalue weighted by Gasteiger charge is 2.30. The van der Waals surface area contributed by atoms with Crippen molar-refractivity contribution in [1.29, 1.82) is 0 Å². The summed E-state index contributed by atoms with van der Waals surface area (Å²) in [6, 6.07) is 5.92. The third kappa shape index (κ3) is 4.67. The Morgan fingerprint density at radius 2 is 2.22 bits per heavy atom. The molecule has 32 heavy (non-hydrogen) atoms. The van der Waals surface area contributed by atoms with Crippen molar-refractivity contribution in [2.24, 2.45) is 0 Å². The van der Waals surface area contributed by atoms with Gasteiger partial charge in [0.25, 0.3) is 6.43 Å².